The van der Waals surface area contributed by atoms with Gasteiger partial charge in [0.1, 0.15) is 11.0 Å². The quantitative estimate of drug-likeness (QED) is 0.686. The van der Waals surface area contributed by atoms with E-state index in [0.717, 1.165) is 22.3 Å². The zero-order valence-corrected chi connectivity index (χ0v) is 14.5. The van der Waals surface area contributed by atoms with Crippen molar-refractivity contribution in [3.63, 3.8) is 0 Å². The Morgan fingerprint density at radius 3 is 2.88 bits per heavy atom. The van der Waals surface area contributed by atoms with Crippen LogP contribution in [0.1, 0.15) is 32.1 Å². The minimum atomic E-state index is 0.442. The molecule has 1 fully saturated rings. The Morgan fingerprint density at radius 2 is 2.08 bits per heavy atom. The molecule has 0 saturated heterocycles. The third kappa shape index (κ3) is 3.18. The van der Waals surface area contributed by atoms with Gasteiger partial charge in [-0.25, -0.2) is 14.5 Å². The number of pyridine rings is 2. The van der Waals surface area contributed by atoms with Crippen LogP contribution in [-0.4, -0.2) is 20.6 Å². The lowest BCUT2D eigenvalue weighted by molar-refractivity contribution is 0.462. The molecule has 3 aromatic rings. The van der Waals surface area contributed by atoms with Gasteiger partial charge in [0.2, 0.25) is 0 Å². The number of halogens is 1. The van der Waals surface area contributed by atoms with Crippen molar-refractivity contribution >= 4 is 28.5 Å². The van der Waals surface area contributed by atoms with Gasteiger partial charge in [-0.1, -0.05) is 30.9 Å². The van der Waals surface area contributed by atoms with Crippen LogP contribution >= 0.6 is 11.6 Å². The molecule has 0 spiro atoms. The number of rotatable bonds is 3. The van der Waals surface area contributed by atoms with Crippen molar-refractivity contribution in [1.29, 1.82) is 5.26 Å². The molecule has 0 amide bonds. The van der Waals surface area contributed by atoms with Crippen LogP contribution < -0.4 is 5.32 Å². The van der Waals surface area contributed by atoms with E-state index in [4.69, 9.17) is 11.6 Å². The average molecular weight is 352 g/mol. The van der Waals surface area contributed by atoms with Gasteiger partial charge >= 0.3 is 0 Å². The van der Waals surface area contributed by atoms with E-state index in [1.807, 2.05) is 24.3 Å². The van der Waals surface area contributed by atoms with Crippen LogP contribution in [0.5, 0.6) is 0 Å². The zero-order valence-electron chi connectivity index (χ0n) is 13.7. The highest BCUT2D eigenvalue weighted by Crippen LogP contribution is 2.32. The van der Waals surface area contributed by atoms with Gasteiger partial charge < -0.3 is 5.32 Å². The van der Waals surface area contributed by atoms with Gasteiger partial charge in [-0.05, 0) is 42.7 Å². The zero-order chi connectivity index (χ0) is 17.2. The first kappa shape index (κ1) is 15.9. The first-order chi connectivity index (χ1) is 12.2. The van der Waals surface area contributed by atoms with Gasteiger partial charge in [0.05, 0.1) is 0 Å². The molecule has 0 aromatic carbocycles. The van der Waals surface area contributed by atoms with Crippen LogP contribution in [0.15, 0.2) is 36.7 Å². The molecule has 0 bridgehead atoms. The molecule has 6 heteroatoms. The summed E-state index contributed by atoms with van der Waals surface area (Å²) in [5, 5.41) is 14.2. The molecule has 0 radical (unpaired) electrons. The predicted octanol–water partition coefficient (Wildman–Crippen LogP) is 4.83. The lowest BCUT2D eigenvalue weighted by atomic mass is 9.95. The van der Waals surface area contributed by atoms with Gasteiger partial charge in [-0.15, -0.1) is 0 Å². The maximum atomic E-state index is 9.34. The van der Waals surface area contributed by atoms with Crippen molar-refractivity contribution in [2.24, 2.45) is 0 Å². The maximum Gasteiger partial charge on any atom is 0.190 e. The van der Waals surface area contributed by atoms with E-state index in [0.29, 0.717) is 16.8 Å². The van der Waals surface area contributed by atoms with Gasteiger partial charge in [-0.2, -0.15) is 5.26 Å². The van der Waals surface area contributed by atoms with Crippen molar-refractivity contribution in [3.8, 4) is 17.3 Å². The number of aromatic nitrogens is 3. The summed E-state index contributed by atoms with van der Waals surface area (Å²) in [7, 11) is 0. The van der Waals surface area contributed by atoms with E-state index in [9.17, 15) is 5.26 Å². The average Bonchev–Trinajstić information content (AvgIpc) is 3.01. The molecule has 126 valence electrons. The summed E-state index contributed by atoms with van der Waals surface area (Å²) in [6, 6.07) is 8.13. The van der Waals surface area contributed by atoms with Crippen LogP contribution in [0.4, 0.5) is 5.82 Å². The normalized spacial score (nSPS) is 15.2. The summed E-state index contributed by atoms with van der Waals surface area (Å²) < 4.78 is 1.48. The molecule has 0 atom stereocenters. The van der Waals surface area contributed by atoms with E-state index in [1.165, 1.54) is 36.7 Å². The smallest absolute Gasteiger partial charge is 0.190 e. The van der Waals surface area contributed by atoms with Crippen molar-refractivity contribution in [2.45, 2.75) is 38.1 Å². The third-order valence-electron chi connectivity index (χ3n) is 4.73. The number of hydrogen-bond donors (Lipinski definition) is 1. The van der Waals surface area contributed by atoms with Gasteiger partial charge in [-0.3, -0.25) is 0 Å². The number of anilines is 1. The summed E-state index contributed by atoms with van der Waals surface area (Å²) in [6.07, 6.45) is 11.8. The van der Waals surface area contributed by atoms with E-state index in [-0.39, 0.29) is 0 Å². The fourth-order valence-corrected chi connectivity index (χ4v) is 3.76. The molecular formula is C19H18ClN5. The minimum absolute atomic E-state index is 0.442. The summed E-state index contributed by atoms with van der Waals surface area (Å²) in [5.41, 5.74) is 2.51. The van der Waals surface area contributed by atoms with Gasteiger partial charge in [0.25, 0.3) is 0 Å². The van der Waals surface area contributed by atoms with Crippen molar-refractivity contribution in [2.75, 3.05) is 5.32 Å². The molecular weight excluding hydrogens is 334 g/mol. The Morgan fingerprint density at radius 1 is 1.24 bits per heavy atom. The number of hydrogen-bond acceptors (Lipinski definition) is 4. The fraction of sp³-hybridized carbons (Fsp3) is 0.316. The molecule has 1 aliphatic rings. The monoisotopic (exact) mass is 351 g/mol. The molecule has 3 aromatic heterocycles. The van der Waals surface area contributed by atoms with E-state index in [1.54, 1.807) is 12.4 Å². The Bertz CT molecular complexity index is 950. The van der Waals surface area contributed by atoms with E-state index < -0.39 is 0 Å². The second-order valence-corrected chi connectivity index (χ2v) is 6.82. The highest BCUT2D eigenvalue weighted by atomic mass is 35.5. The summed E-state index contributed by atoms with van der Waals surface area (Å²) in [5.74, 6) is 0.788. The summed E-state index contributed by atoms with van der Waals surface area (Å²) in [6.45, 7) is 0. The van der Waals surface area contributed by atoms with Crippen molar-refractivity contribution in [1.82, 2.24) is 14.5 Å². The number of nitrogens with zero attached hydrogens (tertiary/aromatic N) is 4. The Balaban J connectivity index is 1.75. The SMILES string of the molecule is N#Cn1cc(-c2cc(Cl)nc(NC3CCCCC3)c2)c2cccnc21. The van der Waals surface area contributed by atoms with Crippen molar-refractivity contribution < 1.29 is 0 Å². The van der Waals surface area contributed by atoms with E-state index >= 15 is 0 Å². The molecule has 5 nitrogen and oxygen atoms in total. The highest BCUT2D eigenvalue weighted by molar-refractivity contribution is 6.29. The number of nitriles is 1. The molecule has 25 heavy (non-hydrogen) atoms. The van der Waals surface area contributed by atoms with Gasteiger partial charge in [0, 0.05) is 29.4 Å². The van der Waals surface area contributed by atoms with Crippen molar-refractivity contribution in [3.05, 3.63) is 41.8 Å². The summed E-state index contributed by atoms with van der Waals surface area (Å²) >= 11 is 6.27. The van der Waals surface area contributed by atoms with E-state index in [2.05, 4.69) is 21.5 Å². The lowest BCUT2D eigenvalue weighted by Gasteiger charge is -2.23. The third-order valence-corrected chi connectivity index (χ3v) is 4.93. The first-order valence-corrected chi connectivity index (χ1v) is 8.93. The first-order valence-electron chi connectivity index (χ1n) is 8.55. The van der Waals surface area contributed by atoms with Crippen LogP contribution in [0.3, 0.4) is 0 Å². The van der Waals surface area contributed by atoms with Crippen LogP contribution in [0, 0.1) is 11.5 Å². The van der Waals surface area contributed by atoms with Crippen LogP contribution in [-0.2, 0) is 0 Å². The molecule has 0 unspecified atom stereocenters. The maximum absolute atomic E-state index is 9.34. The Kier molecular flexibility index (Phi) is 4.29. The topological polar surface area (TPSA) is 66.5 Å². The predicted molar refractivity (Wildman–Crippen MR) is 99.5 cm³/mol. The largest absolute Gasteiger partial charge is 0.367 e. The molecule has 1 saturated carbocycles. The summed E-state index contributed by atoms with van der Waals surface area (Å²) in [4.78, 5) is 8.74. The Hall–Kier alpha value is -2.58. The molecule has 3 heterocycles. The lowest BCUT2D eigenvalue weighted by Crippen LogP contribution is -2.22. The highest BCUT2D eigenvalue weighted by Gasteiger charge is 2.16. The molecule has 1 aliphatic carbocycles. The number of nitrogens with one attached hydrogen (secondary N) is 1. The fourth-order valence-electron chi connectivity index (χ4n) is 3.55. The molecule has 4 rings (SSSR count). The number of fused-ring (bicyclic) bond motifs is 1. The molecule has 1 N–H and O–H groups in total. The second kappa shape index (κ2) is 6.73. The second-order valence-electron chi connectivity index (χ2n) is 6.43. The van der Waals surface area contributed by atoms with Gasteiger partial charge in [0.15, 0.2) is 11.8 Å². The minimum Gasteiger partial charge on any atom is -0.367 e. The standard InChI is InChI=1S/C19H18ClN5/c20-17-9-13(10-18(24-17)23-14-5-2-1-3-6-14)16-11-25(12-21)19-15(16)7-4-8-22-19/h4,7-11,14H,1-3,5-6H2,(H,23,24). The van der Waals surface area contributed by atoms with Crippen LogP contribution in [0.25, 0.3) is 22.2 Å². The molecule has 0 aliphatic heterocycles. The van der Waals surface area contributed by atoms with Crippen LogP contribution in [0.2, 0.25) is 5.15 Å². The Labute approximate surface area is 151 Å².